The minimum Gasteiger partial charge on any atom is -0.345 e. The van der Waals surface area contributed by atoms with Crippen LogP contribution < -0.4 is 0 Å². The van der Waals surface area contributed by atoms with Crippen molar-refractivity contribution in [2.45, 2.75) is 19.8 Å². The second kappa shape index (κ2) is 4.91. The molecule has 1 rings (SSSR count). The largest absolute Gasteiger partial charge is 0.345 e. The Kier molecular flexibility index (Phi) is 3.83. The van der Waals surface area contributed by atoms with E-state index >= 15 is 0 Å². The van der Waals surface area contributed by atoms with Gasteiger partial charge in [-0.1, -0.05) is 19.4 Å². The molecule has 0 saturated heterocycles. The van der Waals surface area contributed by atoms with Gasteiger partial charge in [0.15, 0.2) is 0 Å². The third kappa shape index (κ3) is 2.78. The molecule has 0 saturated carbocycles. The first-order chi connectivity index (χ1) is 7.06. The molecule has 0 aliphatic rings. The Bertz CT molecular complexity index is 361. The first kappa shape index (κ1) is 11.7. The number of aryl methyl sites for hydroxylation is 1. The first-order valence-electron chi connectivity index (χ1n) is 5.06. The average Bonchev–Trinajstić information content (AvgIpc) is 2.20. The Morgan fingerprint density at radius 3 is 2.60 bits per heavy atom. The van der Waals surface area contributed by atoms with Crippen molar-refractivity contribution >= 4 is 5.91 Å². The Labute approximate surface area is 89.7 Å². The fourth-order valence-electron chi connectivity index (χ4n) is 1.42. The Morgan fingerprint density at radius 1 is 1.40 bits per heavy atom. The molecule has 0 aromatic heterocycles. The summed E-state index contributed by atoms with van der Waals surface area (Å²) < 4.78 is 13.4. The number of rotatable bonds is 3. The first-order valence-corrected chi connectivity index (χ1v) is 5.06. The average molecular weight is 209 g/mol. The number of nitrogens with zero attached hydrogens (tertiary/aromatic N) is 1. The van der Waals surface area contributed by atoms with E-state index in [1.54, 1.807) is 26.2 Å². The minimum absolute atomic E-state index is 0.158. The van der Waals surface area contributed by atoms with E-state index in [1.165, 1.54) is 11.0 Å². The minimum atomic E-state index is -0.450. The van der Waals surface area contributed by atoms with E-state index in [-0.39, 0.29) is 11.5 Å². The van der Waals surface area contributed by atoms with Crippen LogP contribution in [-0.4, -0.2) is 24.9 Å². The van der Waals surface area contributed by atoms with E-state index in [0.717, 1.165) is 18.4 Å². The standard InChI is InChI=1S/C12H16FNO/c1-4-5-9-6-7-11(13)10(8-9)12(15)14(2)3/h6-8H,4-5H2,1-3H3. The van der Waals surface area contributed by atoms with Gasteiger partial charge in [0, 0.05) is 14.1 Å². The molecule has 0 fully saturated rings. The summed E-state index contributed by atoms with van der Waals surface area (Å²) in [7, 11) is 3.24. The molecular formula is C12H16FNO. The van der Waals surface area contributed by atoms with Crippen LogP contribution in [0.2, 0.25) is 0 Å². The maximum absolute atomic E-state index is 13.4. The topological polar surface area (TPSA) is 20.3 Å². The lowest BCUT2D eigenvalue weighted by molar-refractivity contribution is 0.0823. The van der Waals surface area contributed by atoms with E-state index in [1.807, 2.05) is 0 Å². The van der Waals surface area contributed by atoms with Crippen LogP contribution >= 0.6 is 0 Å². The molecule has 0 spiro atoms. The predicted octanol–water partition coefficient (Wildman–Crippen LogP) is 2.48. The van der Waals surface area contributed by atoms with Gasteiger partial charge < -0.3 is 4.90 Å². The van der Waals surface area contributed by atoms with Crippen LogP contribution in [-0.2, 0) is 6.42 Å². The van der Waals surface area contributed by atoms with Gasteiger partial charge in [0.05, 0.1) is 5.56 Å². The van der Waals surface area contributed by atoms with Crippen molar-refractivity contribution < 1.29 is 9.18 Å². The number of benzene rings is 1. The zero-order valence-corrected chi connectivity index (χ0v) is 9.38. The second-order valence-corrected chi connectivity index (χ2v) is 3.76. The highest BCUT2D eigenvalue weighted by Crippen LogP contribution is 2.13. The number of hydrogen-bond acceptors (Lipinski definition) is 1. The number of hydrogen-bond donors (Lipinski definition) is 0. The number of carbonyl (C=O) groups is 1. The molecule has 2 nitrogen and oxygen atoms in total. The van der Waals surface area contributed by atoms with E-state index in [9.17, 15) is 9.18 Å². The van der Waals surface area contributed by atoms with Gasteiger partial charge in [-0.05, 0) is 24.1 Å². The van der Waals surface area contributed by atoms with E-state index in [2.05, 4.69) is 6.92 Å². The Hall–Kier alpha value is -1.38. The third-order valence-corrected chi connectivity index (χ3v) is 2.21. The molecule has 0 atom stereocenters. The molecule has 0 aliphatic carbocycles. The lowest BCUT2D eigenvalue weighted by atomic mass is 10.1. The number of carbonyl (C=O) groups excluding carboxylic acids is 1. The third-order valence-electron chi connectivity index (χ3n) is 2.21. The SMILES string of the molecule is CCCc1ccc(F)c(C(=O)N(C)C)c1. The highest BCUT2D eigenvalue weighted by Gasteiger charge is 2.13. The van der Waals surface area contributed by atoms with Gasteiger partial charge in [-0.25, -0.2) is 4.39 Å². The second-order valence-electron chi connectivity index (χ2n) is 3.76. The molecule has 0 unspecified atom stereocenters. The summed E-state index contributed by atoms with van der Waals surface area (Å²) in [5.41, 5.74) is 1.16. The van der Waals surface area contributed by atoms with Gasteiger partial charge in [-0.15, -0.1) is 0 Å². The van der Waals surface area contributed by atoms with Crippen molar-refractivity contribution in [3.05, 3.63) is 35.1 Å². The molecule has 82 valence electrons. The summed E-state index contributed by atoms with van der Waals surface area (Å²) in [6.45, 7) is 2.05. The zero-order valence-electron chi connectivity index (χ0n) is 9.38. The summed E-state index contributed by atoms with van der Waals surface area (Å²) in [5, 5.41) is 0. The van der Waals surface area contributed by atoms with Crippen LogP contribution in [0.4, 0.5) is 4.39 Å². The molecule has 1 amide bonds. The quantitative estimate of drug-likeness (QED) is 0.749. The molecule has 0 aliphatic heterocycles. The highest BCUT2D eigenvalue weighted by molar-refractivity contribution is 5.94. The fourth-order valence-corrected chi connectivity index (χ4v) is 1.42. The van der Waals surface area contributed by atoms with Crippen LogP contribution in [0.5, 0.6) is 0 Å². The molecule has 15 heavy (non-hydrogen) atoms. The van der Waals surface area contributed by atoms with Gasteiger partial charge in [0.2, 0.25) is 0 Å². The molecule has 3 heteroatoms. The smallest absolute Gasteiger partial charge is 0.256 e. The van der Waals surface area contributed by atoms with Gasteiger partial charge >= 0.3 is 0 Å². The number of halogens is 1. The summed E-state index contributed by atoms with van der Waals surface area (Å²) in [6.07, 6.45) is 1.86. The summed E-state index contributed by atoms with van der Waals surface area (Å²) in [4.78, 5) is 13.0. The molecule has 0 N–H and O–H groups in total. The van der Waals surface area contributed by atoms with Gasteiger partial charge in [-0.2, -0.15) is 0 Å². The van der Waals surface area contributed by atoms with Crippen molar-refractivity contribution in [1.29, 1.82) is 0 Å². The zero-order chi connectivity index (χ0) is 11.4. The molecule has 1 aromatic rings. The van der Waals surface area contributed by atoms with E-state index in [0.29, 0.717) is 0 Å². The molecule has 1 aromatic carbocycles. The number of amides is 1. The monoisotopic (exact) mass is 209 g/mol. The maximum Gasteiger partial charge on any atom is 0.256 e. The Morgan fingerprint density at radius 2 is 2.07 bits per heavy atom. The Balaban J connectivity index is 3.05. The fraction of sp³-hybridized carbons (Fsp3) is 0.417. The predicted molar refractivity (Wildman–Crippen MR) is 58.4 cm³/mol. The molecule has 0 radical (unpaired) electrons. The summed E-state index contributed by atoms with van der Waals surface area (Å²) in [5.74, 6) is -0.737. The van der Waals surface area contributed by atoms with Crippen LogP contribution in [0.15, 0.2) is 18.2 Å². The van der Waals surface area contributed by atoms with Gasteiger partial charge in [0.25, 0.3) is 5.91 Å². The summed E-state index contributed by atoms with van der Waals surface area (Å²) in [6, 6.07) is 4.73. The molecular weight excluding hydrogens is 193 g/mol. The van der Waals surface area contributed by atoms with Crippen molar-refractivity contribution in [2.24, 2.45) is 0 Å². The van der Waals surface area contributed by atoms with Gasteiger partial charge in [0.1, 0.15) is 5.82 Å². The van der Waals surface area contributed by atoms with Crippen molar-refractivity contribution in [3.8, 4) is 0 Å². The highest BCUT2D eigenvalue weighted by atomic mass is 19.1. The lowest BCUT2D eigenvalue weighted by Gasteiger charge is -2.11. The van der Waals surface area contributed by atoms with Crippen LogP contribution in [0.1, 0.15) is 29.3 Å². The molecule has 0 bridgehead atoms. The molecule has 0 heterocycles. The van der Waals surface area contributed by atoms with Crippen molar-refractivity contribution in [2.75, 3.05) is 14.1 Å². The van der Waals surface area contributed by atoms with E-state index < -0.39 is 5.82 Å². The van der Waals surface area contributed by atoms with Crippen LogP contribution in [0.3, 0.4) is 0 Å². The van der Waals surface area contributed by atoms with Crippen molar-refractivity contribution in [3.63, 3.8) is 0 Å². The maximum atomic E-state index is 13.4. The van der Waals surface area contributed by atoms with Crippen molar-refractivity contribution in [1.82, 2.24) is 4.90 Å². The summed E-state index contributed by atoms with van der Waals surface area (Å²) >= 11 is 0. The van der Waals surface area contributed by atoms with Crippen LogP contribution in [0, 0.1) is 5.82 Å². The van der Waals surface area contributed by atoms with E-state index in [4.69, 9.17) is 0 Å². The van der Waals surface area contributed by atoms with Crippen LogP contribution in [0.25, 0.3) is 0 Å². The lowest BCUT2D eigenvalue weighted by Crippen LogP contribution is -2.23. The van der Waals surface area contributed by atoms with Gasteiger partial charge in [-0.3, -0.25) is 4.79 Å². The normalized spacial score (nSPS) is 10.1.